The highest BCUT2D eigenvalue weighted by Gasteiger charge is 2.13. The molecule has 6 nitrogen and oxygen atoms in total. The first-order valence-electron chi connectivity index (χ1n) is 5.66. The fraction of sp³-hybridized carbons (Fsp3) is 0.154. The molecule has 1 N–H and O–H groups in total. The van der Waals surface area contributed by atoms with E-state index in [9.17, 15) is 9.18 Å². The quantitative estimate of drug-likeness (QED) is 0.923. The number of aromatic nitrogens is 2. The molecule has 0 saturated heterocycles. The fourth-order valence-electron chi connectivity index (χ4n) is 1.51. The minimum absolute atomic E-state index is 0.116. The average Bonchev–Trinajstić information content (AvgIpc) is 2.47. The molecule has 1 amide bonds. The van der Waals surface area contributed by atoms with Gasteiger partial charge in [-0.05, 0) is 18.2 Å². The molecule has 2 aromatic rings. The van der Waals surface area contributed by atoms with Crippen molar-refractivity contribution in [2.75, 3.05) is 19.5 Å². The van der Waals surface area contributed by atoms with Crippen molar-refractivity contribution in [2.24, 2.45) is 0 Å². The van der Waals surface area contributed by atoms with Crippen molar-refractivity contribution in [3.63, 3.8) is 0 Å². The van der Waals surface area contributed by atoms with Crippen LogP contribution in [-0.4, -0.2) is 30.1 Å². The van der Waals surface area contributed by atoms with Crippen LogP contribution in [0.4, 0.5) is 10.1 Å². The Kier molecular flexibility index (Phi) is 4.09. The summed E-state index contributed by atoms with van der Waals surface area (Å²) >= 11 is 0. The number of carbonyl (C=O) groups is 1. The number of methoxy groups -OCH3 is 2. The number of anilines is 1. The number of hydrogen-bond acceptors (Lipinski definition) is 5. The second-order valence-electron chi connectivity index (χ2n) is 3.74. The smallest absolute Gasteiger partial charge is 0.319 e. The van der Waals surface area contributed by atoms with Gasteiger partial charge in [0.25, 0.3) is 5.91 Å². The van der Waals surface area contributed by atoms with Crippen molar-refractivity contribution >= 4 is 11.6 Å². The van der Waals surface area contributed by atoms with Crippen molar-refractivity contribution in [1.29, 1.82) is 0 Å². The van der Waals surface area contributed by atoms with E-state index >= 15 is 0 Å². The van der Waals surface area contributed by atoms with E-state index in [0.29, 0.717) is 0 Å². The normalized spacial score (nSPS) is 9.95. The van der Waals surface area contributed by atoms with E-state index in [0.717, 1.165) is 6.07 Å². The van der Waals surface area contributed by atoms with E-state index < -0.39 is 11.7 Å². The van der Waals surface area contributed by atoms with Crippen LogP contribution >= 0.6 is 0 Å². The summed E-state index contributed by atoms with van der Waals surface area (Å²) in [6.45, 7) is 0. The summed E-state index contributed by atoms with van der Waals surface area (Å²) in [6.07, 6.45) is 1.35. The first-order chi connectivity index (χ1) is 9.63. The second kappa shape index (κ2) is 5.96. The van der Waals surface area contributed by atoms with Crippen LogP contribution in [0.3, 0.4) is 0 Å². The van der Waals surface area contributed by atoms with Gasteiger partial charge in [0.15, 0.2) is 0 Å². The summed E-state index contributed by atoms with van der Waals surface area (Å²) in [6, 6.07) is 5.45. The minimum atomic E-state index is -0.490. The maximum absolute atomic E-state index is 13.1. The zero-order valence-electron chi connectivity index (χ0n) is 10.9. The van der Waals surface area contributed by atoms with Crippen molar-refractivity contribution in [3.8, 4) is 11.9 Å². The number of benzene rings is 1. The molecule has 0 aliphatic carbocycles. The standard InChI is InChI=1S/C13H12FN3O3/c1-19-12-10(7-15-13(17-12)20-2)16-11(18)8-4-3-5-9(14)6-8/h3-7H,1-2H3,(H,16,18). The third-order valence-corrected chi connectivity index (χ3v) is 2.44. The molecule has 0 radical (unpaired) electrons. The van der Waals surface area contributed by atoms with Gasteiger partial charge in [0, 0.05) is 5.56 Å². The highest BCUT2D eigenvalue weighted by molar-refractivity contribution is 6.04. The Bertz CT molecular complexity index is 634. The van der Waals surface area contributed by atoms with Crippen molar-refractivity contribution in [1.82, 2.24) is 9.97 Å². The monoisotopic (exact) mass is 277 g/mol. The van der Waals surface area contributed by atoms with E-state index in [1.807, 2.05) is 0 Å². The first kappa shape index (κ1) is 13.7. The maximum Gasteiger partial charge on any atom is 0.319 e. The molecule has 1 aromatic heterocycles. The number of hydrogen-bond donors (Lipinski definition) is 1. The Morgan fingerprint density at radius 3 is 2.75 bits per heavy atom. The van der Waals surface area contributed by atoms with E-state index in [4.69, 9.17) is 9.47 Å². The Morgan fingerprint density at radius 1 is 1.30 bits per heavy atom. The zero-order valence-corrected chi connectivity index (χ0v) is 10.9. The third-order valence-electron chi connectivity index (χ3n) is 2.44. The summed E-state index contributed by atoms with van der Waals surface area (Å²) < 4.78 is 22.9. The first-order valence-corrected chi connectivity index (χ1v) is 5.66. The van der Waals surface area contributed by atoms with Crippen molar-refractivity contribution < 1.29 is 18.7 Å². The lowest BCUT2D eigenvalue weighted by Gasteiger charge is -2.09. The lowest BCUT2D eigenvalue weighted by atomic mass is 10.2. The van der Waals surface area contributed by atoms with E-state index in [2.05, 4.69) is 15.3 Å². The molecule has 2 rings (SSSR count). The van der Waals surface area contributed by atoms with Crippen molar-refractivity contribution in [2.45, 2.75) is 0 Å². The van der Waals surface area contributed by atoms with Gasteiger partial charge in [-0.15, -0.1) is 0 Å². The Hall–Kier alpha value is -2.70. The summed E-state index contributed by atoms with van der Waals surface area (Å²) in [5.41, 5.74) is 0.449. The van der Waals surface area contributed by atoms with Crippen LogP contribution < -0.4 is 14.8 Å². The number of ether oxygens (including phenoxy) is 2. The molecule has 1 aromatic carbocycles. The van der Waals surface area contributed by atoms with E-state index in [1.165, 1.54) is 38.6 Å². The lowest BCUT2D eigenvalue weighted by molar-refractivity contribution is 0.102. The second-order valence-corrected chi connectivity index (χ2v) is 3.74. The molecule has 0 spiro atoms. The lowest BCUT2D eigenvalue weighted by Crippen LogP contribution is -2.13. The fourth-order valence-corrected chi connectivity index (χ4v) is 1.51. The molecular formula is C13H12FN3O3. The van der Waals surface area contributed by atoms with Crippen molar-refractivity contribution in [3.05, 3.63) is 41.8 Å². The Balaban J connectivity index is 2.23. The van der Waals surface area contributed by atoms with Crippen LogP contribution in [0.5, 0.6) is 11.9 Å². The Morgan fingerprint density at radius 2 is 2.10 bits per heavy atom. The molecule has 0 unspecified atom stereocenters. The number of nitrogens with one attached hydrogen (secondary N) is 1. The Labute approximate surface area is 114 Å². The molecular weight excluding hydrogens is 265 g/mol. The van der Waals surface area contributed by atoms with Gasteiger partial charge in [-0.1, -0.05) is 6.07 Å². The average molecular weight is 277 g/mol. The van der Waals surface area contributed by atoms with Crippen LogP contribution in [0.25, 0.3) is 0 Å². The third kappa shape index (κ3) is 3.00. The van der Waals surface area contributed by atoms with Crippen LogP contribution in [-0.2, 0) is 0 Å². The van der Waals surface area contributed by atoms with Gasteiger partial charge in [0.1, 0.15) is 11.5 Å². The van der Waals surface area contributed by atoms with Crippen LogP contribution in [0.1, 0.15) is 10.4 Å². The van der Waals surface area contributed by atoms with Crippen LogP contribution in [0.2, 0.25) is 0 Å². The number of carbonyl (C=O) groups excluding carboxylic acids is 1. The minimum Gasteiger partial charge on any atom is -0.479 e. The van der Waals surface area contributed by atoms with Gasteiger partial charge in [0.05, 0.1) is 20.4 Å². The predicted octanol–water partition coefficient (Wildman–Crippen LogP) is 1.89. The summed E-state index contributed by atoms with van der Waals surface area (Å²) in [4.78, 5) is 19.8. The van der Waals surface area contributed by atoms with Crippen LogP contribution in [0.15, 0.2) is 30.5 Å². The molecule has 0 bridgehead atoms. The van der Waals surface area contributed by atoms with Gasteiger partial charge in [-0.2, -0.15) is 4.98 Å². The zero-order chi connectivity index (χ0) is 14.5. The summed E-state index contributed by atoms with van der Waals surface area (Å²) in [5, 5.41) is 2.55. The van der Waals surface area contributed by atoms with Crippen LogP contribution in [0, 0.1) is 5.82 Å². The highest BCUT2D eigenvalue weighted by atomic mass is 19.1. The van der Waals surface area contributed by atoms with E-state index in [-0.39, 0.29) is 23.1 Å². The summed E-state index contributed by atoms with van der Waals surface area (Å²) in [5.74, 6) is -0.825. The molecule has 0 aliphatic heterocycles. The molecule has 7 heteroatoms. The number of rotatable bonds is 4. The predicted molar refractivity (Wildman–Crippen MR) is 69.5 cm³/mol. The largest absolute Gasteiger partial charge is 0.479 e. The molecule has 0 aliphatic rings. The maximum atomic E-state index is 13.1. The SMILES string of the molecule is COc1ncc(NC(=O)c2cccc(F)c2)c(OC)n1. The van der Waals surface area contributed by atoms with Gasteiger partial charge >= 0.3 is 6.01 Å². The van der Waals surface area contributed by atoms with Gasteiger partial charge in [-0.25, -0.2) is 9.37 Å². The molecule has 0 saturated carbocycles. The number of nitrogens with zero attached hydrogens (tertiary/aromatic N) is 2. The van der Waals surface area contributed by atoms with Gasteiger partial charge in [-0.3, -0.25) is 4.79 Å². The topological polar surface area (TPSA) is 73.3 Å². The molecule has 0 fully saturated rings. The van der Waals surface area contributed by atoms with E-state index in [1.54, 1.807) is 0 Å². The number of halogens is 1. The van der Waals surface area contributed by atoms with Gasteiger partial charge in [0.2, 0.25) is 5.88 Å². The number of amides is 1. The van der Waals surface area contributed by atoms with Gasteiger partial charge < -0.3 is 14.8 Å². The molecule has 1 heterocycles. The molecule has 104 valence electrons. The molecule has 20 heavy (non-hydrogen) atoms. The highest BCUT2D eigenvalue weighted by Crippen LogP contribution is 2.23. The molecule has 0 atom stereocenters. The summed E-state index contributed by atoms with van der Waals surface area (Å²) in [7, 11) is 2.82.